The van der Waals surface area contributed by atoms with Gasteiger partial charge in [0.15, 0.2) is 0 Å². The largest absolute Gasteiger partial charge is 0.427 e. The predicted molar refractivity (Wildman–Crippen MR) is 106 cm³/mol. The van der Waals surface area contributed by atoms with Crippen molar-refractivity contribution in [2.45, 2.75) is 25.9 Å². The molecule has 0 spiro atoms. The molecule has 30 heavy (non-hydrogen) atoms. The number of benzene rings is 2. The topological polar surface area (TPSA) is 102 Å². The van der Waals surface area contributed by atoms with Crippen molar-refractivity contribution >= 4 is 29.4 Å². The summed E-state index contributed by atoms with van der Waals surface area (Å²) in [5, 5.41) is 2.72. The molecule has 3 amide bonds. The van der Waals surface area contributed by atoms with Crippen LogP contribution in [0, 0.1) is 0 Å². The van der Waals surface area contributed by atoms with Gasteiger partial charge in [-0.2, -0.15) is 0 Å². The van der Waals surface area contributed by atoms with Gasteiger partial charge in [-0.3, -0.25) is 24.1 Å². The number of amides is 3. The van der Waals surface area contributed by atoms with Crippen LogP contribution in [0.5, 0.6) is 5.75 Å². The summed E-state index contributed by atoms with van der Waals surface area (Å²) in [5.41, 5.74) is 1.27. The third-order valence-electron chi connectivity index (χ3n) is 5.02. The van der Waals surface area contributed by atoms with Crippen LogP contribution in [-0.2, 0) is 9.53 Å². The molecule has 8 heteroatoms. The first-order chi connectivity index (χ1) is 14.4. The van der Waals surface area contributed by atoms with E-state index in [2.05, 4.69) is 5.32 Å². The summed E-state index contributed by atoms with van der Waals surface area (Å²) in [6, 6.07) is 10.8. The first-order valence-corrected chi connectivity index (χ1v) is 9.64. The van der Waals surface area contributed by atoms with Gasteiger partial charge in [-0.1, -0.05) is 0 Å². The van der Waals surface area contributed by atoms with E-state index >= 15 is 0 Å². The molecule has 1 N–H and O–H groups in total. The van der Waals surface area contributed by atoms with Gasteiger partial charge >= 0.3 is 5.97 Å². The Morgan fingerprint density at radius 2 is 1.83 bits per heavy atom. The molecule has 0 aromatic heterocycles. The van der Waals surface area contributed by atoms with Crippen molar-refractivity contribution in [2.75, 3.05) is 18.5 Å². The van der Waals surface area contributed by atoms with Gasteiger partial charge in [0.05, 0.1) is 23.8 Å². The lowest BCUT2D eigenvalue weighted by Gasteiger charge is -2.17. The lowest BCUT2D eigenvalue weighted by Crippen LogP contribution is -2.36. The maximum atomic E-state index is 12.7. The highest BCUT2D eigenvalue weighted by molar-refractivity contribution is 6.22. The molecule has 0 bridgehead atoms. The number of ether oxygens (including phenoxy) is 2. The SMILES string of the molecule is CC(=O)Oc1ccc(NC(=O)c2ccc3c(c2)C(=O)N(CC2CCCO2)C3=O)cc1. The lowest BCUT2D eigenvalue weighted by molar-refractivity contribution is -0.131. The van der Waals surface area contributed by atoms with Crippen LogP contribution in [-0.4, -0.2) is 47.8 Å². The van der Waals surface area contributed by atoms with Crippen LogP contribution >= 0.6 is 0 Å². The van der Waals surface area contributed by atoms with E-state index in [0.29, 0.717) is 23.6 Å². The molecule has 8 nitrogen and oxygen atoms in total. The van der Waals surface area contributed by atoms with Gasteiger partial charge in [0.1, 0.15) is 5.75 Å². The van der Waals surface area contributed by atoms with Crippen LogP contribution < -0.4 is 10.1 Å². The minimum absolute atomic E-state index is 0.134. The normalized spacial score (nSPS) is 17.8. The molecule has 1 atom stereocenters. The zero-order chi connectivity index (χ0) is 21.3. The second kappa shape index (κ2) is 8.08. The van der Waals surface area contributed by atoms with Crippen LogP contribution in [0.25, 0.3) is 0 Å². The minimum atomic E-state index is -0.433. The number of fused-ring (bicyclic) bond motifs is 1. The van der Waals surface area contributed by atoms with E-state index in [1.165, 1.54) is 30.0 Å². The van der Waals surface area contributed by atoms with Gasteiger partial charge in [0.2, 0.25) is 0 Å². The van der Waals surface area contributed by atoms with Crippen LogP contribution in [0.15, 0.2) is 42.5 Å². The number of nitrogens with zero attached hydrogens (tertiary/aromatic N) is 1. The smallest absolute Gasteiger partial charge is 0.308 e. The van der Waals surface area contributed by atoms with Gasteiger partial charge in [0.25, 0.3) is 17.7 Å². The average molecular weight is 408 g/mol. The fourth-order valence-electron chi connectivity index (χ4n) is 3.57. The Kier molecular flexibility index (Phi) is 5.33. The Morgan fingerprint density at radius 3 is 2.50 bits per heavy atom. The van der Waals surface area contributed by atoms with E-state index in [9.17, 15) is 19.2 Å². The van der Waals surface area contributed by atoms with Crippen LogP contribution in [0.1, 0.15) is 50.8 Å². The highest BCUT2D eigenvalue weighted by Crippen LogP contribution is 2.26. The zero-order valence-corrected chi connectivity index (χ0v) is 16.3. The van der Waals surface area contributed by atoms with E-state index in [-0.39, 0.29) is 29.7 Å². The number of imide groups is 1. The predicted octanol–water partition coefficient (Wildman–Crippen LogP) is 2.64. The number of nitrogens with one attached hydrogen (secondary N) is 1. The number of carbonyl (C=O) groups is 4. The Balaban J connectivity index is 1.47. The van der Waals surface area contributed by atoms with Crippen molar-refractivity contribution in [1.29, 1.82) is 0 Å². The number of carbonyl (C=O) groups excluding carboxylic acids is 4. The molecule has 2 aromatic rings. The summed E-state index contributed by atoms with van der Waals surface area (Å²) >= 11 is 0. The van der Waals surface area contributed by atoms with Gasteiger partial charge in [0, 0.05) is 24.8 Å². The Hall–Kier alpha value is -3.52. The van der Waals surface area contributed by atoms with Gasteiger partial charge in [-0.25, -0.2) is 0 Å². The summed E-state index contributed by atoms with van der Waals surface area (Å²) in [6.45, 7) is 2.17. The summed E-state index contributed by atoms with van der Waals surface area (Å²) in [7, 11) is 0. The molecule has 0 aliphatic carbocycles. The molecular formula is C22H20N2O6. The highest BCUT2D eigenvalue weighted by atomic mass is 16.5. The molecule has 0 radical (unpaired) electrons. The third kappa shape index (κ3) is 3.95. The number of anilines is 1. The molecule has 0 saturated carbocycles. The third-order valence-corrected chi connectivity index (χ3v) is 5.02. The summed E-state index contributed by atoms with van der Waals surface area (Å²) < 4.78 is 10.5. The monoisotopic (exact) mass is 408 g/mol. The molecular weight excluding hydrogens is 388 g/mol. The minimum Gasteiger partial charge on any atom is -0.427 e. The van der Waals surface area contributed by atoms with Gasteiger partial charge in [-0.05, 0) is 55.3 Å². The Morgan fingerprint density at radius 1 is 1.10 bits per heavy atom. The quantitative estimate of drug-likeness (QED) is 0.464. The number of esters is 1. The molecule has 2 aromatic carbocycles. The molecule has 4 rings (SSSR count). The summed E-state index contributed by atoms with van der Waals surface area (Å²) in [6.07, 6.45) is 1.60. The number of hydrogen-bond donors (Lipinski definition) is 1. The summed E-state index contributed by atoms with van der Waals surface area (Å²) in [4.78, 5) is 50.1. The maximum absolute atomic E-state index is 12.7. The van der Waals surface area contributed by atoms with Crippen molar-refractivity contribution in [2.24, 2.45) is 0 Å². The Labute approximate surface area is 172 Å². The molecule has 1 unspecified atom stereocenters. The van der Waals surface area contributed by atoms with Crippen molar-refractivity contribution in [3.05, 3.63) is 59.2 Å². The van der Waals surface area contributed by atoms with Crippen molar-refractivity contribution in [1.82, 2.24) is 4.90 Å². The molecule has 1 fully saturated rings. The molecule has 2 heterocycles. The lowest BCUT2D eigenvalue weighted by atomic mass is 10.1. The van der Waals surface area contributed by atoms with Crippen molar-refractivity contribution in [3.8, 4) is 5.75 Å². The number of hydrogen-bond acceptors (Lipinski definition) is 6. The second-order valence-corrected chi connectivity index (χ2v) is 7.19. The molecule has 2 aliphatic heterocycles. The van der Waals surface area contributed by atoms with Crippen LogP contribution in [0.3, 0.4) is 0 Å². The maximum Gasteiger partial charge on any atom is 0.308 e. The summed E-state index contributed by atoms with van der Waals surface area (Å²) in [5.74, 6) is -1.26. The highest BCUT2D eigenvalue weighted by Gasteiger charge is 2.37. The van der Waals surface area contributed by atoms with Crippen LogP contribution in [0.4, 0.5) is 5.69 Å². The van der Waals surface area contributed by atoms with E-state index < -0.39 is 17.8 Å². The zero-order valence-electron chi connectivity index (χ0n) is 16.3. The van der Waals surface area contributed by atoms with Crippen LogP contribution in [0.2, 0.25) is 0 Å². The van der Waals surface area contributed by atoms with Crippen molar-refractivity contribution < 1.29 is 28.7 Å². The van der Waals surface area contributed by atoms with E-state index in [1.807, 2.05) is 0 Å². The Bertz CT molecular complexity index is 1020. The van der Waals surface area contributed by atoms with E-state index in [1.54, 1.807) is 24.3 Å². The van der Waals surface area contributed by atoms with E-state index in [0.717, 1.165) is 12.8 Å². The average Bonchev–Trinajstić information content (AvgIpc) is 3.32. The first-order valence-electron chi connectivity index (χ1n) is 9.64. The number of rotatable bonds is 5. The van der Waals surface area contributed by atoms with Gasteiger partial charge < -0.3 is 14.8 Å². The standard InChI is InChI=1S/C22H20N2O6/c1-13(25)30-16-7-5-15(6-8-16)23-20(26)14-4-9-18-19(11-14)22(28)24(21(18)27)12-17-3-2-10-29-17/h4-9,11,17H,2-3,10,12H2,1H3,(H,23,26). The van der Waals surface area contributed by atoms with Gasteiger partial charge in [-0.15, -0.1) is 0 Å². The van der Waals surface area contributed by atoms with E-state index in [4.69, 9.17) is 9.47 Å². The first kappa shape index (κ1) is 19.8. The second-order valence-electron chi connectivity index (χ2n) is 7.19. The molecule has 1 saturated heterocycles. The van der Waals surface area contributed by atoms with Crippen molar-refractivity contribution in [3.63, 3.8) is 0 Å². The fraction of sp³-hybridized carbons (Fsp3) is 0.273. The molecule has 154 valence electrons. The fourth-order valence-corrected chi connectivity index (χ4v) is 3.57. The molecule has 2 aliphatic rings.